The van der Waals surface area contributed by atoms with Crippen molar-refractivity contribution in [1.82, 2.24) is 29.4 Å². The largest absolute Gasteiger partial charge is 0.379 e. The lowest BCUT2D eigenvalue weighted by molar-refractivity contribution is 0.0729. The van der Waals surface area contributed by atoms with Gasteiger partial charge in [-0.3, -0.25) is 4.79 Å². The molecule has 2 aromatic carbocycles. The van der Waals surface area contributed by atoms with Crippen LogP contribution in [0.25, 0.3) is 5.69 Å². The standard InChI is InChI=1S/C22H25N7O4S/c30-21(18-5-4-8-20(17-18)34(31,32)28-13-15-33-16-14-28)26-9-11-27(12-10-26)22-23-24-25-29(22)19-6-2-1-3-7-19/h1-8,17H,9-16H2. The van der Waals surface area contributed by atoms with Gasteiger partial charge in [-0.25, -0.2) is 8.42 Å². The number of carbonyl (C=O) groups is 1. The molecule has 2 fully saturated rings. The summed E-state index contributed by atoms with van der Waals surface area (Å²) in [5.74, 6) is 0.429. The summed E-state index contributed by atoms with van der Waals surface area (Å²) in [4.78, 5) is 17.1. The van der Waals surface area contributed by atoms with Crippen LogP contribution in [0, 0.1) is 0 Å². The Morgan fingerprint density at radius 3 is 2.35 bits per heavy atom. The van der Waals surface area contributed by atoms with Gasteiger partial charge in [0.2, 0.25) is 16.0 Å². The highest BCUT2D eigenvalue weighted by Crippen LogP contribution is 2.21. The van der Waals surface area contributed by atoms with Crippen LogP contribution in [0.3, 0.4) is 0 Å². The van der Waals surface area contributed by atoms with E-state index in [9.17, 15) is 13.2 Å². The lowest BCUT2D eigenvalue weighted by Gasteiger charge is -2.35. The molecule has 0 N–H and O–H groups in total. The van der Waals surface area contributed by atoms with Crippen LogP contribution in [-0.2, 0) is 14.8 Å². The van der Waals surface area contributed by atoms with E-state index in [4.69, 9.17) is 4.74 Å². The van der Waals surface area contributed by atoms with Gasteiger partial charge in [-0.2, -0.15) is 8.99 Å². The normalized spacial score (nSPS) is 17.6. The van der Waals surface area contributed by atoms with Crippen molar-refractivity contribution in [3.8, 4) is 5.69 Å². The molecule has 0 unspecified atom stereocenters. The minimum absolute atomic E-state index is 0.126. The molecule has 34 heavy (non-hydrogen) atoms. The van der Waals surface area contributed by atoms with Crippen molar-refractivity contribution >= 4 is 21.9 Å². The summed E-state index contributed by atoms with van der Waals surface area (Å²) >= 11 is 0. The van der Waals surface area contributed by atoms with Crippen molar-refractivity contribution in [3.63, 3.8) is 0 Å². The first kappa shape index (κ1) is 22.4. The molecule has 12 heteroatoms. The van der Waals surface area contributed by atoms with Crippen LogP contribution in [0.4, 0.5) is 5.95 Å². The second-order valence-corrected chi connectivity index (χ2v) is 9.99. The van der Waals surface area contributed by atoms with Crippen molar-refractivity contribution in [2.45, 2.75) is 4.90 Å². The molecule has 11 nitrogen and oxygen atoms in total. The van der Waals surface area contributed by atoms with Gasteiger partial charge in [-0.15, -0.1) is 0 Å². The molecule has 0 bridgehead atoms. The molecule has 3 aromatic rings. The second kappa shape index (κ2) is 9.49. The molecule has 1 amide bonds. The van der Waals surface area contributed by atoms with E-state index in [2.05, 4.69) is 15.5 Å². The number of rotatable bonds is 5. The summed E-state index contributed by atoms with van der Waals surface area (Å²) in [6.07, 6.45) is 0. The van der Waals surface area contributed by atoms with E-state index in [0.717, 1.165) is 5.69 Å². The topological polar surface area (TPSA) is 114 Å². The third kappa shape index (κ3) is 4.39. The minimum Gasteiger partial charge on any atom is -0.379 e. The average molecular weight is 484 g/mol. The second-order valence-electron chi connectivity index (χ2n) is 8.05. The summed E-state index contributed by atoms with van der Waals surface area (Å²) in [5.41, 5.74) is 1.22. The zero-order valence-electron chi connectivity index (χ0n) is 18.5. The third-order valence-corrected chi connectivity index (χ3v) is 7.89. The number of aromatic nitrogens is 4. The minimum atomic E-state index is -3.67. The quantitative estimate of drug-likeness (QED) is 0.520. The molecule has 2 saturated heterocycles. The SMILES string of the molecule is O=C(c1cccc(S(=O)(=O)N2CCOCC2)c1)N1CCN(c2nnnn2-c2ccccc2)CC1. The molecule has 5 rings (SSSR count). The highest BCUT2D eigenvalue weighted by Gasteiger charge is 2.29. The van der Waals surface area contributed by atoms with Crippen LogP contribution in [-0.4, -0.2) is 96.2 Å². The van der Waals surface area contributed by atoms with Gasteiger partial charge in [0.1, 0.15) is 0 Å². The van der Waals surface area contributed by atoms with E-state index < -0.39 is 10.0 Å². The van der Waals surface area contributed by atoms with E-state index in [1.54, 1.807) is 21.7 Å². The molecule has 2 aliphatic heterocycles. The number of amides is 1. The van der Waals surface area contributed by atoms with Gasteiger partial charge >= 0.3 is 0 Å². The van der Waals surface area contributed by atoms with Gasteiger partial charge < -0.3 is 14.5 Å². The maximum absolute atomic E-state index is 13.2. The van der Waals surface area contributed by atoms with Crippen molar-refractivity contribution in [1.29, 1.82) is 0 Å². The number of nitrogens with zero attached hydrogens (tertiary/aromatic N) is 7. The first-order valence-corrected chi connectivity index (χ1v) is 12.5. The summed E-state index contributed by atoms with van der Waals surface area (Å²) in [7, 11) is -3.67. The summed E-state index contributed by atoms with van der Waals surface area (Å²) in [6, 6.07) is 15.9. The number of hydrogen-bond donors (Lipinski definition) is 0. The highest BCUT2D eigenvalue weighted by molar-refractivity contribution is 7.89. The molecular formula is C22H25N7O4S. The predicted molar refractivity (Wildman–Crippen MR) is 123 cm³/mol. The number of ether oxygens (including phenoxy) is 1. The molecule has 0 saturated carbocycles. The van der Waals surface area contributed by atoms with Crippen molar-refractivity contribution < 1.29 is 17.9 Å². The molecule has 2 aliphatic rings. The molecule has 0 aliphatic carbocycles. The third-order valence-electron chi connectivity index (χ3n) is 5.99. The lowest BCUT2D eigenvalue weighted by Crippen LogP contribution is -2.49. The molecular weight excluding hydrogens is 458 g/mol. The average Bonchev–Trinajstić information content (AvgIpc) is 3.40. The van der Waals surface area contributed by atoms with Crippen LogP contribution < -0.4 is 4.90 Å². The number of tetrazole rings is 1. The van der Waals surface area contributed by atoms with Gasteiger partial charge in [-0.05, 0) is 40.8 Å². The van der Waals surface area contributed by atoms with Gasteiger partial charge in [-0.1, -0.05) is 29.4 Å². The maximum atomic E-state index is 13.2. The van der Waals surface area contributed by atoms with Gasteiger partial charge in [0.15, 0.2) is 0 Å². The Kier molecular flexibility index (Phi) is 6.26. The summed E-state index contributed by atoms with van der Waals surface area (Å²) in [6.45, 7) is 3.43. The Morgan fingerprint density at radius 2 is 1.62 bits per heavy atom. The zero-order chi connectivity index (χ0) is 23.5. The van der Waals surface area contributed by atoms with Gasteiger partial charge in [0, 0.05) is 44.8 Å². The van der Waals surface area contributed by atoms with E-state index in [0.29, 0.717) is 64.0 Å². The fourth-order valence-corrected chi connectivity index (χ4v) is 5.59. The first-order chi connectivity index (χ1) is 16.5. The van der Waals surface area contributed by atoms with Gasteiger partial charge in [0.05, 0.1) is 23.8 Å². The molecule has 0 atom stereocenters. The molecule has 0 radical (unpaired) electrons. The Labute approximate surface area is 197 Å². The van der Waals surface area contributed by atoms with Crippen LogP contribution in [0.15, 0.2) is 59.5 Å². The van der Waals surface area contributed by atoms with Crippen LogP contribution in [0.5, 0.6) is 0 Å². The van der Waals surface area contributed by atoms with Crippen LogP contribution >= 0.6 is 0 Å². The van der Waals surface area contributed by atoms with Crippen molar-refractivity contribution in [3.05, 3.63) is 60.2 Å². The fourth-order valence-electron chi connectivity index (χ4n) is 4.13. The van der Waals surface area contributed by atoms with Crippen molar-refractivity contribution in [2.75, 3.05) is 57.4 Å². The lowest BCUT2D eigenvalue weighted by atomic mass is 10.2. The molecule has 3 heterocycles. The van der Waals surface area contributed by atoms with E-state index >= 15 is 0 Å². The maximum Gasteiger partial charge on any atom is 0.254 e. The summed E-state index contributed by atoms with van der Waals surface area (Å²) < 4.78 is 34.3. The number of benzene rings is 2. The smallest absolute Gasteiger partial charge is 0.254 e. The van der Waals surface area contributed by atoms with E-state index in [1.807, 2.05) is 35.2 Å². The number of carbonyl (C=O) groups excluding carboxylic acids is 1. The number of piperazine rings is 1. The Hall–Kier alpha value is -3.35. The number of sulfonamides is 1. The predicted octanol–water partition coefficient (Wildman–Crippen LogP) is 0.646. The number of hydrogen-bond acceptors (Lipinski definition) is 8. The highest BCUT2D eigenvalue weighted by atomic mass is 32.2. The van der Waals surface area contributed by atoms with Crippen LogP contribution in [0.1, 0.15) is 10.4 Å². The van der Waals surface area contributed by atoms with E-state index in [1.165, 1.54) is 16.4 Å². The van der Waals surface area contributed by atoms with Crippen molar-refractivity contribution in [2.24, 2.45) is 0 Å². The molecule has 1 aromatic heterocycles. The van der Waals surface area contributed by atoms with Crippen LogP contribution in [0.2, 0.25) is 0 Å². The number of para-hydroxylation sites is 1. The van der Waals surface area contributed by atoms with Gasteiger partial charge in [0.25, 0.3) is 5.91 Å². The Morgan fingerprint density at radius 1 is 0.882 bits per heavy atom. The molecule has 0 spiro atoms. The zero-order valence-corrected chi connectivity index (χ0v) is 19.3. The number of anilines is 1. The first-order valence-electron chi connectivity index (χ1n) is 11.1. The Bertz CT molecular complexity index is 1250. The Balaban J connectivity index is 1.27. The number of morpholine rings is 1. The molecule has 178 valence electrons. The monoisotopic (exact) mass is 483 g/mol. The van der Waals surface area contributed by atoms with E-state index in [-0.39, 0.29) is 10.8 Å². The fraction of sp³-hybridized carbons (Fsp3) is 0.364. The summed E-state index contributed by atoms with van der Waals surface area (Å²) in [5, 5.41) is 12.1.